The molecule has 0 radical (unpaired) electrons. The van der Waals surface area contributed by atoms with Gasteiger partial charge in [-0.15, -0.1) is 0 Å². The van der Waals surface area contributed by atoms with E-state index in [2.05, 4.69) is 16.4 Å². The summed E-state index contributed by atoms with van der Waals surface area (Å²) in [6, 6.07) is 8.34. The zero-order valence-corrected chi connectivity index (χ0v) is 15.8. The van der Waals surface area contributed by atoms with Crippen LogP contribution in [0.2, 0.25) is 0 Å². The van der Waals surface area contributed by atoms with Gasteiger partial charge in [-0.1, -0.05) is 23.9 Å². The van der Waals surface area contributed by atoms with E-state index < -0.39 is 5.25 Å². The number of thioether (sulfide) groups is 1. The summed E-state index contributed by atoms with van der Waals surface area (Å²) in [4.78, 5) is 17.3. The fourth-order valence-corrected chi connectivity index (χ4v) is 3.85. The maximum Gasteiger partial charge on any atom is 0.238 e. The van der Waals surface area contributed by atoms with E-state index >= 15 is 0 Å². The van der Waals surface area contributed by atoms with E-state index in [-0.39, 0.29) is 17.8 Å². The number of hydrogen-bond acceptors (Lipinski definition) is 4. The third-order valence-corrected chi connectivity index (χ3v) is 5.88. The lowest BCUT2D eigenvalue weighted by Crippen LogP contribution is -2.29. The first-order valence-electron chi connectivity index (χ1n) is 8.51. The second-order valence-corrected chi connectivity index (χ2v) is 7.67. The summed E-state index contributed by atoms with van der Waals surface area (Å²) in [6.45, 7) is 5.72. The van der Waals surface area contributed by atoms with Crippen LogP contribution in [0.25, 0.3) is 0 Å². The third-order valence-electron chi connectivity index (χ3n) is 4.64. The van der Waals surface area contributed by atoms with Gasteiger partial charge in [0, 0.05) is 11.7 Å². The Bertz CT molecular complexity index is 885. The minimum Gasteiger partial charge on any atom is -0.352 e. The van der Waals surface area contributed by atoms with Gasteiger partial charge in [0.25, 0.3) is 0 Å². The van der Waals surface area contributed by atoms with Gasteiger partial charge in [-0.2, -0.15) is 5.26 Å². The average molecular weight is 369 g/mol. The van der Waals surface area contributed by atoms with Crippen molar-refractivity contribution in [2.75, 3.05) is 0 Å². The Kier molecular flexibility index (Phi) is 5.28. The maximum absolute atomic E-state index is 13.3. The number of carbonyl (C=O) groups is 1. The molecule has 0 bridgehead atoms. The quantitative estimate of drug-likeness (QED) is 0.805. The zero-order chi connectivity index (χ0) is 18.8. The number of rotatable bonds is 5. The molecular weight excluding hydrogens is 349 g/mol. The fourth-order valence-electron chi connectivity index (χ4n) is 2.65. The van der Waals surface area contributed by atoms with Crippen molar-refractivity contribution in [2.45, 2.75) is 49.9 Å². The molecule has 26 heavy (non-hydrogen) atoms. The van der Waals surface area contributed by atoms with Crippen molar-refractivity contribution >= 4 is 17.7 Å². The minimum atomic E-state index is -0.586. The van der Waals surface area contributed by atoms with Crippen LogP contribution in [-0.2, 0) is 4.79 Å². The molecule has 0 aliphatic heterocycles. The topological polar surface area (TPSA) is 65.8 Å². The van der Waals surface area contributed by atoms with Crippen LogP contribution >= 0.6 is 11.8 Å². The molecule has 1 amide bonds. The molecule has 6 heteroatoms. The molecule has 0 spiro atoms. The largest absolute Gasteiger partial charge is 0.352 e. The highest BCUT2D eigenvalue weighted by Gasteiger charge is 2.30. The van der Waals surface area contributed by atoms with Crippen LogP contribution in [0.4, 0.5) is 4.39 Å². The van der Waals surface area contributed by atoms with Gasteiger partial charge < -0.3 is 5.32 Å². The zero-order valence-electron chi connectivity index (χ0n) is 15.0. The summed E-state index contributed by atoms with van der Waals surface area (Å²) < 4.78 is 13.3. The van der Waals surface area contributed by atoms with Crippen molar-refractivity contribution in [2.24, 2.45) is 0 Å². The Labute approximate surface area is 156 Å². The van der Waals surface area contributed by atoms with Crippen molar-refractivity contribution in [3.05, 3.63) is 58.0 Å². The Hall–Kier alpha value is -2.39. The van der Waals surface area contributed by atoms with Crippen molar-refractivity contribution in [3.63, 3.8) is 0 Å². The predicted octanol–water partition coefficient (Wildman–Crippen LogP) is 4.13. The van der Waals surface area contributed by atoms with E-state index in [1.54, 1.807) is 12.1 Å². The normalized spacial score (nSPS) is 14.6. The molecule has 134 valence electrons. The number of nitrogens with one attached hydrogen (secondary N) is 1. The van der Waals surface area contributed by atoms with Gasteiger partial charge in [-0.05, 0) is 62.4 Å². The van der Waals surface area contributed by atoms with Gasteiger partial charge in [-0.25, -0.2) is 9.37 Å². The first-order chi connectivity index (χ1) is 12.4. The summed E-state index contributed by atoms with van der Waals surface area (Å²) in [5, 5.41) is 12.5. The van der Waals surface area contributed by atoms with Crippen LogP contribution in [0.1, 0.15) is 46.0 Å². The number of nitrogens with zero attached hydrogens (tertiary/aromatic N) is 2. The highest BCUT2D eigenvalue weighted by molar-refractivity contribution is 8.00. The smallest absolute Gasteiger partial charge is 0.238 e. The SMILES string of the molecule is Cc1nc(SC(C(=O)NC2CC2)c2ccc(F)cc2)c(C#N)c(C)c1C. The lowest BCUT2D eigenvalue weighted by atomic mass is 10.1. The van der Waals surface area contributed by atoms with E-state index in [1.165, 1.54) is 23.9 Å². The number of hydrogen-bond donors (Lipinski definition) is 1. The molecule has 1 aliphatic carbocycles. The number of nitriles is 1. The summed E-state index contributed by atoms with van der Waals surface area (Å²) >= 11 is 1.25. The number of carbonyl (C=O) groups excluding carboxylic acids is 1. The second kappa shape index (κ2) is 7.46. The summed E-state index contributed by atoms with van der Waals surface area (Å²) in [7, 11) is 0. The first-order valence-corrected chi connectivity index (χ1v) is 9.39. The number of benzene rings is 1. The second-order valence-electron chi connectivity index (χ2n) is 6.57. The van der Waals surface area contributed by atoms with Crippen LogP contribution in [0.15, 0.2) is 29.3 Å². The number of aromatic nitrogens is 1. The van der Waals surface area contributed by atoms with E-state index in [0.29, 0.717) is 16.2 Å². The standard InChI is InChI=1S/C20H20FN3OS/c1-11-12(2)17(10-22)20(23-13(11)3)26-18(19(25)24-16-8-9-16)14-4-6-15(21)7-5-14/h4-7,16,18H,8-9H2,1-3H3,(H,24,25). The molecule has 1 atom stereocenters. The number of aryl methyl sites for hydroxylation is 1. The van der Waals surface area contributed by atoms with Crippen LogP contribution in [0.3, 0.4) is 0 Å². The molecular formula is C20H20FN3OS. The highest BCUT2D eigenvalue weighted by Crippen LogP contribution is 2.38. The Balaban J connectivity index is 1.99. The van der Waals surface area contributed by atoms with Crippen molar-refractivity contribution < 1.29 is 9.18 Å². The van der Waals surface area contributed by atoms with Gasteiger partial charge in [0.05, 0.1) is 5.56 Å². The molecule has 1 saturated carbocycles. The van der Waals surface area contributed by atoms with Crippen LogP contribution in [0.5, 0.6) is 0 Å². The van der Waals surface area contributed by atoms with Crippen LogP contribution < -0.4 is 5.32 Å². The van der Waals surface area contributed by atoms with Crippen LogP contribution in [-0.4, -0.2) is 16.9 Å². The molecule has 1 heterocycles. The molecule has 3 rings (SSSR count). The van der Waals surface area contributed by atoms with Crippen molar-refractivity contribution in [3.8, 4) is 6.07 Å². The Morgan fingerprint density at radius 2 is 1.92 bits per heavy atom. The number of amides is 1. The molecule has 1 aromatic carbocycles. The molecule has 1 unspecified atom stereocenters. The monoisotopic (exact) mass is 369 g/mol. The highest BCUT2D eigenvalue weighted by atomic mass is 32.2. The van der Waals surface area contributed by atoms with E-state index in [9.17, 15) is 14.4 Å². The van der Waals surface area contributed by atoms with Crippen LogP contribution in [0, 0.1) is 37.9 Å². The lowest BCUT2D eigenvalue weighted by Gasteiger charge is -2.18. The number of pyridine rings is 1. The molecule has 4 nitrogen and oxygen atoms in total. The first kappa shape index (κ1) is 18.4. The average Bonchev–Trinajstić information content (AvgIpc) is 3.42. The molecule has 0 saturated heterocycles. The Morgan fingerprint density at radius 1 is 1.27 bits per heavy atom. The van der Waals surface area contributed by atoms with Gasteiger partial charge in [0.2, 0.25) is 5.91 Å². The summed E-state index contributed by atoms with van der Waals surface area (Å²) in [5.41, 5.74) is 3.87. The van der Waals surface area contributed by atoms with E-state index in [0.717, 1.165) is 29.7 Å². The fraction of sp³-hybridized carbons (Fsp3) is 0.350. The van der Waals surface area contributed by atoms with Gasteiger partial charge in [0.15, 0.2) is 0 Å². The van der Waals surface area contributed by atoms with Gasteiger partial charge >= 0.3 is 0 Å². The predicted molar refractivity (Wildman–Crippen MR) is 99.3 cm³/mol. The summed E-state index contributed by atoms with van der Waals surface area (Å²) in [6.07, 6.45) is 1.97. The minimum absolute atomic E-state index is 0.134. The van der Waals surface area contributed by atoms with E-state index in [4.69, 9.17) is 0 Å². The third kappa shape index (κ3) is 3.88. The number of halogens is 1. The van der Waals surface area contributed by atoms with E-state index in [1.807, 2.05) is 20.8 Å². The van der Waals surface area contributed by atoms with Gasteiger partial charge in [0.1, 0.15) is 22.2 Å². The summed E-state index contributed by atoms with van der Waals surface area (Å²) in [5.74, 6) is -0.483. The molecule has 1 aliphatic rings. The van der Waals surface area contributed by atoms with Crippen molar-refractivity contribution in [1.82, 2.24) is 10.3 Å². The lowest BCUT2D eigenvalue weighted by molar-refractivity contribution is -0.120. The maximum atomic E-state index is 13.3. The molecule has 1 aromatic heterocycles. The van der Waals surface area contributed by atoms with Crippen molar-refractivity contribution in [1.29, 1.82) is 5.26 Å². The molecule has 1 fully saturated rings. The molecule has 1 N–H and O–H groups in total. The molecule has 2 aromatic rings. The van der Waals surface area contributed by atoms with Gasteiger partial charge in [-0.3, -0.25) is 4.79 Å². The Morgan fingerprint density at radius 3 is 2.50 bits per heavy atom.